The Labute approximate surface area is 120 Å². The molecular weight excluding hydrogens is 252 g/mol. The molecule has 0 bridgehead atoms. The maximum atomic E-state index is 12.7. The second-order valence-corrected chi connectivity index (χ2v) is 5.64. The smallest absolute Gasteiger partial charge is 0.254 e. The van der Waals surface area contributed by atoms with Gasteiger partial charge in [-0.3, -0.25) is 4.79 Å². The number of ether oxygens (including phenoxy) is 1. The van der Waals surface area contributed by atoms with Gasteiger partial charge in [-0.05, 0) is 50.3 Å². The Balaban J connectivity index is 2.17. The highest BCUT2D eigenvalue weighted by Gasteiger charge is 2.34. The van der Waals surface area contributed by atoms with Gasteiger partial charge in [0.25, 0.3) is 5.91 Å². The lowest BCUT2D eigenvalue weighted by atomic mass is 10.1. The van der Waals surface area contributed by atoms with Gasteiger partial charge < -0.3 is 15.4 Å². The molecular formula is C16H24N2O2. The fourth-order valence-corrected chi connectivity index (χ4v) is 2.45. The highest BCUT2D eigenvalue weighted by Crippen LogP contribution is 2.35. The number of hydrogen-bond acceptors (Lipinski definition) is 3. The molecule has 1 saturated carbocycles. The van der Waals surface area contributed by atoms with Gasteiger partial charge in [0, 0.05) is 30.9 Å². The lowest BCUT2D eigenvalue weighted by Gasteiger charge is -2.29. The molecule has 1 aromatic carbocycles. The molecule has 4 nitrogen and oxygen atoms in total. The zero-order valence-corrected chi connectivity index (χ0v) is 12.6. The Morgan fingerprint density at radius 3 is 2.75 bits per heavy atom. The third-order valence-electron chi connectivity index (χ3n) is 4.12. The van der Waals surface area contributed by atoms with Gasteiger partial charge >= 0.3 is 0 Å². The van der Waals surface area contributed by atoms with Crippen molar-refractivity contribution in [2.45, 2.75) is 32.7 Å². The number of nitrogens with zero attached hydrogens (tertiary/aromatic N) is 1. The minimum absolute atomic E-state index is 0.0492. The number of anilines is 1. The van der Waals surface area contributed by atoms with E-state index in [4.69, 9.17) is 10.5 Å². The maximum Gasteiger partial charge on any atom is 0.254 e. The molecule has 20 heavy (non-hydrogen) atoms. The molecule has 0 saturated heterocycles. The van der Waals surface area contributed by atoms with Crippen LogP contribution < -0.4 is 5.73 Å². The van der Waals surface area contributed by atoms with Crippen LogP contribution >= 0.6 is 0 Å². The van der Waals surface area contributed by atoms with Gasteiger partial charge in [-0.1, -0.05) is 6.07 Å². The summed E-state index contributed by atoms with van der Waals surface area (Å²) in [5.74, 6) is 0.687. The van der Waals surface area contributed by atoms with Gasteiger partial charge in [0.2, 0.25) is 0 Å². The van der Waals surface area contributed by atoms with Crippen molar-refractivity contribution in [1.82, 2.24) is 4.90 Å². The molecule has 0 heterocycles. The van der Waals surface area contributed by atoms with E-state index in [9.17, 15) is 4.79 Å². The second kappa shape index (κ2) is 6.27. The maximum absolute atomic E-state index is 12.7. The molecule has 1 aromatic rings. The summed E-state index contributed by atoms with van der Waals surface area (Å²) in [5, 5.41) is 0. The number of aryl methyl sites for hydroxylation is 1. The van der Waals surface area contributed by atoms with Crippen LogP contribution in [-0.4, -0.2) is 37.1 Å². The molecule has 1 unspecified atom stereocenters. The molecule has 2 N–H and O–H groups in total. The predicted molar refractivity (Wildman–Crippen MR) is 80.7 cm³/mol. The van der Waals surface area contributed by atoms with Crippen molar-refractivity contribution >= 4 is 11.6 Å². The van der Waals surface area contributed by atoms with E-state index in [1.807, 2.05) is 24.0 Å². The number of nitrogens with two attached hydrogens (primary N) is 1. The molecule has 0 aromatic heterocycles. The summed E-state index contributed by atoms with van der Waals surface area (Å²) in [7, 11) is 1.66. The number of nitrogen functional groups attached to an aromatic ring is 1. The van der Waals surface area contributed by atoms with E-state index in [1.165, 1.54) is 12.8 Å². The molecule has 1 amide bonds. The van der Waals surface area contributed by atoms with E-state index < -0.39 is 0 Å². The van der Waals surface area contributed by atoms with Crippen LogP contribution in [0.1, 0.15) is 35.7 Å². The van der Waals surface area contributed by atoms with Crippen LogP contribution in [0, 0.1) is 12.8 Å². The van der Waals surface area contributed by atoms with Crippen molar-refractivity contribution in [3.05, 3.63) is 29.3 Å². The Morgan fingerprint density at radius 2 is 2.20 bits per heavy atom. The molecule has 1 atom stereocenters. The first-order valence-corrected chi connectivity index (χ1v) is 7.20. The predicted octanol–water partition coefficient (Wildman–Crippen LogP) is 2.46. The van der Waals surface area contributed by atoms with Crippen LogP contribution in [0.5, 0.6) is 0 Å². The minimum atomic E-state index is 0.0492. The fourth-order valence-electron chi connectivity index (χ4n) is 2.45. The van der Waals surface area contributed by atoms with Crippen molar-refractivity contribution in [1.29, 1.82) is 0 Å². The fraction of sp³-hybridized carbons (Fsp3) is 0.562. The first kappa shape index (κ1) is 14.9. The second-order valence-electron chi connectivity index (χ2n) is 5.64. The first-order chi connectivity index (χ1) is 9.54. The van der Waals surface area contributed by atoms with Crippen molar-refractivity contribution in [2.75, 3.05) is 26.0 Å². The number of hydrogen-bond donors (Lipinski definition) is 1. The number of rotatable bonds is 6. The molecule has 1 aliphatic rings. The Hall–Kier alpha value is -1.55. The molecule has 0 aliphatic heterocycles. The standard InChI is InChI=1S/C16H24N2O2/c1-11-4-5-14(10-15(11)17)16(19)18(8-9-20-3)12(2)13-6-7-13/h4-5,10,12-13H,6-9,17H2,1-3H3. The summed E-state index contributed by atoms with van der Waals surface area (Å²) in [6, 6.07) is 5.80. The lowest BCUT2D eigenvalue weighted by molar-refractivity contribution is 0.0594. The largest absolute Gasteiger partial charge is 0.398 e. The highest BCUT2D eigenvalue weighted by atomic mass is 16.5. The summed E-state index contributed by atoms with van der Waals surface area (Å²) in [4.78, 5) is 14.6. The minimum Gasteiger partial charge on any atom is -0.398 e. The van der Waals surface area contributed by atoms with Crippen LogP contribution in [-0.2, 0) is 4.74 Å². The van der Waals surface area contributed by atoms with Crippen molar-refractivity contribution in [3.8, 4) is 0 Å². The zero-order valence-electron chi connectivity index (χ0n) is 12.6. The summed E-state index contributed by atoms with van der Waals surface area (Å²) < 4.78 is 5.13. The van der Waals surface area contributed by atoms with E-state index in [0.717, 1.165) is 5.56 Å². The molecule has 4 heteroatoms. The van der Waals surface area contributed by atoms with E-state index in [0.29, 0.717) is 30.3 Å². The molecule has 2 rings (SSSR count). The first-order valence-electron chi connectivity index (χ1n) is 7.20. The summed E-state index contributed by atoms with van der Waals surface area (Å²) >= 11 is 0. The summed E-state index contributed by atoms with van der Waals surface area (Å²) in [6.07, 6.45) is 2.43. The quantitative estimate of drug-likeness (QED) is 0.812. The summed E-state index contributed by atoms with van der Waals surface area (Å²) in [6.45, 7) is 5.26. The lowest BCUT2D eigenvalue weighted by Crippen LogP contribution is -2.42. The molecule has 0 spiro atoms. The number of amides is 1. The van der Waals surface area contributed by atoms with Gasteiger partial charge in [0.05, 0.1) is 6.61 Å². The third kappa shape index (κ3) is 3.31. The zero-order chi connectivity index (χ0) is 14.7. The molecule has 1 aliphatic carbocycles. The Morgan fingerprint density at radius 1 is 1.50 bits per heavy atom. The van der Waals surface area contributed by atoms with Gasteiger partial charge in [-0.2, -0.15) is 0 Å². The normalized spacial score (nSPS) is 15.9. The van der Waals surface area contributed by atoms with Gasteiger partial charge in [0.15, 0.2) is 0 Å². The van der Waals surface area contributed by atoms with Crippen LogP contribution in [0.3, 0.4) is 0 Å². The Bertz CT molecular complexity index is 483. The van der Waals surface area contributed by atoms with Crippen molar-refractivity contribution < 1.29 is 9.53 Å². The molecule has 1 fully saturated rings. The monoisotopic (exact) mass is 276 g/mol. The van der Waals surface area contributed by atoms with Crippen LogP contribution in [0.15, 0.2) is 18.2 Å². The third-order valence-corrected chi connectivity index (χ3v) is 4.12. The average molecular weight is 276 g/mol. The number of methoxy groups -OCH3 is 1. The van der Waals surface area contributed by atoms with Gasteiger partial charge in [-0.25, -0.2) is 0 Å². The van der Waals surface area contributed by atoms with Crippen molar-refractivity contribution in [3.63, 3.8) is 0 Å². The number of carbonyl (C=O) groups excluding carboxylic acids is 1. The number of benzene rings is 1. The average Bonchev–Trinajstić information content (AvgIpc) is 3.26. The van der Waals surface area contributed by atoms with E-state index in [2.05, 4.69) is 6.92 Å². The SMILES string of the molecule is COCCN(C(=O)c1ccc(C)c(N)c1)C(C)C1CC1. The van der Waals surface area contributed by atoms with Crippen LogP contribution in [0.25, 0.3) is 0 Å². The molecule has 0 radical (unpaired) electrons. The highest BCUT2D eigenvalue weighted by molar-refractivity contribution is 5.95. The van der Waals surface area contributed by atoms with Gasteiger partial charge in [-0.15, -0.1) is 0 Å². The van der Waals surface area contributed by atoms with Gasteiger partial charge in [0.1, 0.15) is 0 Å². The van der Waals surface area contributed by atoms with E-state index in [-0.39, 0.29) is 11.9 Å². The summed E-state index contributed by atoms with van der Waals surface area (Å²) in [5.41, 5.74) is 8.24. The van der Waals surface area contributed by atoms with E-state index in [1.54, 1.807) is 13.2 Å². The van der Waals surface area contributed by atoms with Crippen LogP contribution in [0.2, 0.25) is 0 Å². The van der Waals surface area contributed by atoms with Crippen molar-refractivity contribution in [2.24, 2.45) is 5.92 Å². The topological polar surface area (TPSA) is 55.6 Å². The molecule has 110 valence electrons. The van der Waals surface area contributed by atoms with E-state index >= 15 is 0 Å². The van der Waals surface area contributed by atoms with Crippen LogP contribution in [0.4, 0.5) is 5.69 Å². The number of carbonyl (C=O) groups is 1. The Kier molecular flexibility index (Phi) is 4.65.